The summed E-state index contributed by atoms with van der Waals surface area (Å²) in [6, 6.07) is 9.22. The third-order valence-electron chi connectivity index (χ3n) is 2.94. The first kappa shape index (κ1) is 15.9. The van der Waals surface area contributed by atoms with Gasteiger partial charge in [-0.25, -0.2) is 8.78 Å². The van der Waals surface area contributed by atoms with E-state index in [0.29, 0.717) is 12.0 Å². The number of halogens is 3. The fraction of sp³-hybridized carbons (Fsp3) is 0.250. The maximum Gasteiger partial charge on any atom is 0.165 e. The van der Waals surface area contributed by atoms with Crippen molar-refractivity contribution in [1.82, 2.24) is 0 Å². The van der Waals surface area contributed by atoms with Gasteiger partial charge >= 0.3 is 0 Å². The van der Waals surface area contributed by atoms with Crippen LogP contribution in [0.25, 0.3) is 0 Å². The molecule has 0 aliphatic carbocycles. The molecule has 2 rings (SSSR count). The average Bonchev–Trinajstić information content (AvgIpc) is 2.41. The molecular formula is C16H16BrF2NO. The Morgan fingerprint density at radius 2 is 1.90 bits per heavy atom. The summed E-state index contributed by atoms with van der Waals surface area (Å²) in [5.41, 5.74) is 6.85. The van der Waals surface area contributed by atoms with Gasteiger partial charge in [-0.3, -0.25) is 0 Å². The van der Waals surface area contributed by atoms with E-state index in [2.05, 4.69) is 15.9 Å². The molecule has 112 valence electrons. The molecule has 0 aliphatic heterocycles. The van der Waals surface area contributed by atoms with Crippen LogP contribution in [0.15, 0.2) is 40.9 Å². The molecule has 0 spiro atoms. The molecule has 1 unspecified atom stereocenters. The molecule has 0 heterocycles. The molecular weight excluding hydrogens is 340 g/mol. The highest BCUT2D eigenvalue weighted by Crippen LogP contribution is 2.22. The minimum absolute atomic E-state index is 0.0329. The van der Waals surface area contributed by atoms with Gasteiger partial charge in [-0.2, -0.15) is 0 Å². The van der Waals surface area contributed by atoms with E-state index >= 15 is 0 Å². The summed E-state index contributed by atoms with van der Waals surface area (Å²) in [4.78, 5) is 0. The number of hydrogen-bond donors (Lipinski definition) is 1. The van der Waals surface area contributed by atoms with Crippen LogP contribution >= 0.6 is 15.9 Å². The highest BCUT2D eigenvalue weighted by molar-refractivity contribution is 9.10. The van der Waals surface area contributed by atoms with Gasteiger partial charge < -0.3 is 10.5 Å². The van der Waals surface area contributed by atoms with E-state index in [1.54, 1.807) is 24.3 Å². The molecule has 2 nitrogen and oxygen atoms in total. The first-order valence-electron chi connectivity index (χ1n) is 6.56. The van der Waals surface area contributed by atoms with Crippen LogP contribution in [0.5, 0.6) is 5.75 Å². The third kappa shape index (κ3) is 4.51. The Hall–Kier alpha value is -1.46. The summed E-state index contributed by atoms with van der Waals surface area (Å²) in [5, 5.41) is 0. The van der Waals surface area contributed by atoms with Gasteiger partial charge in [0.15, 0.2) is 11.6 Å². The lowest BCUT2D eigenvalue weighted by molar-refractivity contribution is 0.284. The monoisotopic (exact) mass is 355 g/mol. The molecule has 0 aliphatic rings. The zero-order valence-corrected chi connectivity index (χ0v) is 13.2. The van der Waals surface area contributed by atoms with Gasteiger partial charge in [-0.15, -0.1) is 0 Å². The lowest BCUT2D eigenvalue weighted by Crippen LogP contribution is -2.17. The molecule has 21 heavy (non-hydrogen) atoms. The van der Waals surface area contributed by atoms with Gasteiger partial charge in [0.1, 0.15) is 12.4 Å². The molecule has 5 heteroatoms. The first-order valence-corrected chi connectivity index (χ1v) is 7.35. The maximum absolute atomic E-state index is 13.9. The van der Waals surface area contributed by atoms with Crippen LogP contribution in [0.1, 0.15) is 18.1 Å². The third-order valence-corrected chi connectivity index (χ3v) is 3.44. The van der Waals surface area contributed by atoms with Gasteiger partial charge in [0.2, 0.25) is 0 Å². The molecule has 1 atom stereocenters. The lowest BCUT2D eigenvalue weighted by atomic mass is 10.1. The van der Waals surface area contributed by atoms with Gasteiger partial charge in [-0.1, -0.05) is 22.0 Å². The van der Waals surface area contributed by atoms with E-state index in [0.717, 1.165) is 10.0 Å². The molecule has 0 amide bonds. The van der Waals surface area contributed by atoms with Crippen LogP contribution in [-0.2, 0) is 13.0 Å². The van der Waals surface area contributed by atoms with E-state index in [9.17, 15) is 8.78 Å². The van der Waals surface area contributed by atoms with Crippen molar-refractivity contribution in [2.24, 2.45) is 5.73 Å². The molecule has 0 saturated carbocycles. The van der Waals surface area contributed by atoms with E-state index in [4.69, 9.17) is 10.5 Å². The van der Waals surface area contributed by atoms with Crippen LogP contribution in [0, 0.1) is 11.6 Å². The quantitative estimate of drug-likeness (QED) is 0.872. The second-order valence-corrected chi connectivity index (χ2v) is 5.89. The second-order valence-electron chi connectivity index (χ2n) is 4.97. The van der Waals surface area contributed by atoms with Crippen molar-refractivity contribution in [3.8, 4) is 5.75 Å². The number of nitrogens with two attached hydrogens (primary N) is 1. The van der Waals surface area contributed by atoms with Crippen molar-refractivity contribution >= 4 is 15.9 Å². The number of benzene rings is 2. The van der Waals surface area contributed by atoms with Crippen molar-refractivity contribution < 1.29 is 13.5 Å². The van der Waals surface area contributed by atoms with Gasteiger partial charge in [0.25, 0.3) is 0 Å². The predicted molar refractivity (Wildman–Crippen MR) is 82.2 cm³/mol. The van der Waals surface area contributed by atoms with Crippen LogP contribution in [-0.4, -0.2) is 6.04 Å². The standard InChI is InChI=1S/C16H16BrF2NO/c1-10(20)6-11-2-5-16(15(19)7-11)21-9-12-8-13(17)3-4-14(12)18/h2-5,7-8,10H,6,9,20H2,1H3. The molecule has 0 aromatic heterocycles. The van der Waals surface area contributed by atoms with Crippen LogP contribution in [0.2, 0.25) is 0 Å². The fourth-order valence-electron chi connectivity index (χ4n) is 1.97. The van der Waals surface area contributed by atoms with E-state index in [-0.39, 0.29) is 24.2 Å². The van der Waals surface area contributed by atoms with Gasteiger partial charge in [0.05, 0.1) is 0 Å². The molecule has 0 bridgehead atoms. The SMILES string of the molecule is CC(N)Cc1ccc(OCc2cc(Br)ccc2F)c(F)c1. The maximum atomic E-state index is 13.9. The Balaban J connectivity index is 2.08. The van der Waals surface area contributed by atoms with Crippen molar-refractivity contribution in [3.63, 3.8) is 0 Å². The number of rotatable bonds is 5. The van der Waals surface area contributed by atoms with Crippen LogP contribution in [0.4, 0.5) is 8.78 Å². The zero-order chi connectivity index (χ0) is 15.4. The zero-order valence-electron chi connectivity index (χ0n) is 11.6. The van der Waals surface area contributed by atoms with Crippen molar-refractivity contribution in [2.45, 2.75) is 26.0 Å². The predicted octanol–water partition coefficient (Wildman–Crippen LogP) is 4.20. The average molecular weight is 356 g/mol. The highest BCUT2D eigenvalue weighted by atomic mass is 79.9. The summed E-state index contributed by atoms with van der Waals surface area (Å²) >= 11 is 3.26. The molecule has 0 radical (unpaired) electrons. The van der Waals surface area contributed by atoms with E-state index < -0.39 is 5.82 Å². The first-order chi connectivity index (χ1) is 9.95. The molecule has 2 N–H and O–H groups in total. The summed E-state index contributed by atoms with van der Waals surface area (Å²) in [5.74, 6) is -0.751. The molecule has 0 saturated heterocycles. The Kier molecular flexibility index (Phi) is 5.31. The van der Waals surface area contributed by atoms with Crippen molar-refractivity contribution in [1.29, 1.82) is 0 Å². The summed E-state index contributed by atoms with van der Waals surface area (Å²) < 4.78 is 33.6. The Morgan fingerprint density at radius 3 is 2.57 bits per heavy atom. The topological polar surface area (TPSA) is 35.2 Å². The Labute approximate surface area is 131 Å². The van der Waals surface area contributed by atoms with Crippen LogP contribution in [0.3, 0.4) is 0 Å². The smallest absolute Gasteiger partial charge is 0.165 e. The van der Waals surface area contributed by atoms with Gasteiger partial charge in [-0.05, 0) is 49.2 Å². The molecule has 0 fully saturated rings. The molecule has 2 aromatic rings. The summed E-state index contributed by atoms with van der Waals surface area (Å²) in [6.07, 6.45) is 0.595. The normalized spacial score (nSPS) is 12.2. The summed E-state index contributed by atoms with van der Waals surface area (Å²) in [7, 11) is 0. The summed E-state index contributed by atoms with van der Waals surface area (Å²) in [6.45, 7) is 1.83. The number of ether oxygens (including phenoxy) is 1. The highest BCUT2D eigenvalue weighted by Gasteiger charge is 2.09. The molecule has 2 aromatic carbocycles. The number of hydrogen-bond acceptors (Lipinski definition) is 2. The van der Waals surface area contributed by atoms with Crippen molar-refractivity contribution in [3.05, 3.63) is 63.6 Å². The minimum atomic E-state index is -0.469. The van der Waals surface area contributed by atoms with E-state index in [1.807, 2.05) is 6.92 Å². The Morgan fingerprint density at radius 1 is 1.14 bits per heavy atom. The van der Waals surface area contributed by atoms with Crippen LogP contribution < -0.4 is 10.5 Å². The van der Waals surface area contributed by atoms with E-state index in [1.165, 1.54) is 12.1 Å². The lowest BCUT2D eigenvalue weighted by Gasteiger charge is -2.10. The fourth-order valence-corrected chi connectivity index (χ4v) is 2.38. The largest absolute Gasteiger partial charge is 0.486 e. The van der Waals surface area contributed by atoms with Crippen molar-refractivity contribution in [2.75, 3.05) is 0 Å². The minimum Gasteiger partial charge on any atom is -0.486 e. The second kappa shape index (κ2) is 7.00. The Bertz CT molecular complexity index is 632. The van der Waals surface area contributed by atoms with Gasteiger partial charge in [0, 0.05) is 16.1 Å².